The number of benzene rings is 1. The van der Waals surface area contributed by atoms with Gasteiger partial charge in [0.25, 0.3) is 0 Å². The van der Waals surface area contributed by atoms with Gasteiger partial charge in [-0.25, -0.2) is 0 Å². The summed E-state index contributed by atoms with van der Waals surface area (Å²) in [6.45, 7) is 3.52. The summed E-state index contributed by atoms with van der Waals surface area (Å²) >= 11 is 2.85. The second-order valence-electron chi connectivity index (χ2n) is 7.14. The van der Waals surface area contributed by atoms with Crippen LogP contribution in [0.1, 0.15) is 49.8 Å². The molecule has 0 bridgehead atoms. The molecule has 0 spiro atoms. The zero-order valence-electron chi connectivity index (χ0n) is 15.9. The van der Waals surface area contributed by atoms with E-state index in [-0.39, 0.29) is 23.1 Å². The molecule has 1 unspecified atom stereocenters. The summed E-state index contributed by atoms with van der Waals surface area (Å²) in [5.74, 6) is 0.220. The van der Waals surface area contributed by atoms with E-state index in [2.05, 4.69) is 10.2 Å². The molecule has 2 heterocycles. The van der Waals surface area contributed by atoms with Gasteiger partial charge in [0, 0.05) is 25.6 Å². The highest BCUT2D eigenvalue weighted by molar-refractivity contribution is 8.01. The average Bonchev–Trinajstić information content (AvgIpc) is 3.20. The summed E-state index contributed by atoms with van der Waals surface area (Å²) in [4.78, 5) is 29.2. The number of likely N-dealkylation sites (tertiary alicyclic amines) is 1. The van der Waals surface area contributed by atoms with E-state index in [0.29, 0.717) is 11.6 Å². The van der Waals surface area contributed by atoms with E-state index >= 15 is 0 Å². The molecule has 1 aliphatic carbocycles. The highest BCUT2D eigenvalue weighted by atomic mass is 32.2. The number of aromatic nitrogens is 2. The third-order valence-electron chi connectivity index (χ3n) is 5.05. The molecule has 1 aromatic carbocycles. The van der Waals surface area contributed by atoms with Crippen LogP contribution in [0.2, 0.25) is 0 Å². The van der Waals surface area contributed by atoms with Gasteiger partial charge in [-0.05, 0) is 31.2 Å². The predicted octanol–water partition coefficient (Wildman–Crippen LogP) is 3.90. The third-order valence-corrected chi connectivity index (χ3v) is 7.30. The van der Waals surface area contributed by atoms with Gasteiger partial charge in [0.1, 0.15) is 5.25 Å². The largest absolute Gasteiger partial charge is 0.341 e. The highest BCUT2D eigenvalue weighted by Gasteiger charge is 2.36. The molecule has 2 aromatic rings. The first-order valence-electron chi connectivity index (χ1n) is 9.83. The van der Waals surface area contributed by atoms with Crippen LogP contribution in [0.5, 0.6) is 0 Å². The molecule has 1 aromatic heterocycles. The number of hydrogen-bond donors (Lipinski definition) is 0. The maximum atomic E-state index is 13.2. The van der Waals surface area contributed by atoms with Gasteiger partial charge >= 0.3 is 0 Å². The molecule has 1 saturated carbocycles. The lowest BCUT2D eigenvalue weighted by Gasteiger charge is -2.22. The molecule has 6 nitrogen and oxygen atoms in total. The summed E-state index contributed by atoms with van der Waals surface area (Å²) in [6.07, 6.45) is 4.63. The standard InChI is InChI=1S/C20H24N4O2S2/c1-2-16(25)24(15-10-11-15)19-21-22-20(28-19)27-17(14-8-4-3-5-9-14)18(26)23-12-6-7-13-23/h3-5,8-9,15,17H,2,6-7,10-13H2,1H3. The molecular weight excluding hydrogens is 392 g/mol. The van der Waals surface area contributed by atoms with E-state index in [4.69, 9.17) is 0 Å². The molecule has 2 fully saturated rings. The highest BCUT2D eigenvalue weighted by Crippen LogP contribution is 2.42. The summed E-state index contributed by atoms with van der Waals surface area (Å²) in [5.41, 5.74) is 0.977. The predicted molar refractivity (Wildman–Crippen MR) is 112 cm³/mol. The maximum absolute atomic E-state index is 13.2. The lowest BCUT2D eigenvalue weighted by molar-refractivity contribution is -0.129. The summed E-state index contributed by atoms with van der Waals surface area (Å²) in [5, 5.41) is 8.90. The Bertz CT molecular complexity index is 832. The Morgan fingerprint density at radius 3 is 2.57 bits per heavy atom. The fourth-order valence-electron chi connectivity index (χ4n) is 3.41. The van der Waals surface area contributed by atoms with E-state index in [9.17, 15) is 9.59 Å². The van der Waals surface area contributed by atoms with Crippen molar-refractivity contribution in [1.82, 2.24) is 15.1 Å². The molecule has 2 amide bonds. The van der Waals surface area contributed by atoms with Gasteiger partial charge in [0.15, 0.2) is 4.34 Å². The van der Waals surface area contributed by atoms with Crippen molar-refractivity contribution in [2.24, 2.45) is 0 Å². The lowest BCUT2D eigenvalue weighted by atomic mass is 10.1. The minimum Gasteiger partial charge on any atom is -0.341 e. The fourth-order valence-corrected chi connectivity index (χ4v) is 5.62. The monoisotopic (exact) mass is 416 g/mol. The van der Waals surface area contributed by atoms with Gasteiger partial charge in [0.05, 0.1) is 0 Å². The topological polar surface area (TPSA) is 66.4 Å². The molecule has 0 N–H and O–H groups in total. The van der Waals surface area contributed by atoms with Crippen LogP contribution in [0.4, 0.5) is 5.13 Å². The van der Waals surface area contributed by atoms with Crippen molar-refractivity contribution in [1.29, 1.82) is 0 Å². The van der Waals surface area contributed by atoms with Crippen LogP contribution >= 0.6 is 23.1 Å². The summed E-state index contributed by atoms with van der Waals surface area (Å²) in [7, 11) is 0. The Morgan fingerprint density at radius 1 is 1.21 bits per heavy atom. The number of thioether (sulfide) groups is 1. The van der Waals surface area contributed by atoms with Crippen molar-refractivity contribution in [2.45, 2.75) is 54.7 Å². The zero-order chi connectivity index (χ0) is 19.5. The van der Waals surface area contributed by atoms with Crippen molar-refractivity contribution in [2.75, 3.05) is 18.0 Å². The number of hydrogen-bond acceptors (Lipinski definition) is 6. The molecule has 8 heteroatoms. The molecule has 148 valence electrons. The molecule has 1 saturated heterocycles. The molecular formula is C20H24N4O2S2. The number of nitrogens with zero attached hydrogens (tertiary/aromatic N) is 4. The average molecular weight is 417 g/mol. The first-order valence-corrected chi connectivity index (χ1v) is 11.5. The Kier molecular flexibility index (Phi) is 5.96. The summed E-state index contributed by atoms with van der Waals surface area (Å²) < 4.78 is 0.728. The number of amides is 2. The van der Waals surface area contributed by atoms with Crippen LogP contribution in [-0.2, 0) is 9.59 Å². The Morgan fingerprint density at radius 2 is 1.93 bits per heavy atom. The van der Waals surface area contributed by atoms with Gasteiger partial charge in [0.2, 0.25) is 16.9 Å². The maximum Gasteiger partial charge on any atom is 0.240 e. The fraction of sp³-hybridized carbons (Fsp3) is 0.500. The van der Waals surface area contributed by atoms with Crippen LogP contribution in [0.3, 0.4) is 0 Å². The van der Waals surface area contributed by atoms with Gasteiger partial charge in [-0.3, -0.25) is 14.5 Å². The van der Waals surface area contributed by atoms with Gasteiger partial charge < -0.3 is 4.90 Å². The molecule has 2 aliphatic rings. The smallest absolute Gasteiger partial charge is 0.240 e. The normalized spacial score (nSPS) is 17.5. The Labute approximate surface area is 173 Å². The lowest BCUT2D eigenvalue weighted by Crippen LogP contribution is -2.32. The molecule has 1 atom stereocenters. The molecule has 28 heavy (non-hydrogen) atoms. The first kappa shape index (κ1) is 19.4. The molecule has 1 aliphatic heterocycles. The minimum atomic E-state index is -0.337. The zero-order valence-corrected chi connectivity index (χ0v) is 17.5. The quantitative estimate of drug-likeness (QED) is 0.506. The second-order valence-corrected chi connectivity index (χ2v) is 9.45. The Hall–Kier alpha value is -1.93. The van der Waals surface area contributed by atoms with Crippen molar-refractivity contribution in [3.8, 4) is 0 Å². The molecule has 4 rings (SSSR count). The Balaban J connectivity index is 1.56. The minimum absolute atomic E-state index is 0.0861. The van der Waals surface area contributed by atoms with Gasteiger partial charge in [-0.2, -0.15) is 0 Å². The van der Waals surface area contributed by atoms with Gasteiger partial charge in [-0.15, -0.1) is 10.2 Å². The van der Waals surface area contributed by atoms with Crippen LogP contribution in [0.25, 0.3) is 0 Å². The number of carbonyl (C=O) groups is 2. The first-order chi connectivity index (χ1) is 13.7. The van der Waals surface area contributed by atoms with Crippen LogP contribution in [0, 0.1) is 0 Å². The van der Waals surface area contributed by atoms with E-state index in [1.807, 2.05) is 42.2 Å². The van der Waals surface area contributed by atoms with Crippen molar-refractivity contribution < 1.29 is 9.59 Å². The SMILES string of the molecule is CCC(=O)N(c1nnc(SC(C(=O)N2CCCC2)c2ccccc2)s1)C1CC1. The molecule has 0 radical (unpaired) electrons. The third kappa shape index (κ3) is 4.22. The second kappa shape index (κ2) is 8.61. The van der Waals surface area contributed by atoms with E-state index < -0.39 is 0 Å². The van der Waals surface area contributed by atoms with Crippen molar-refractivity contribution in [3.05, 3.63) is 35.9 Å². The number of rotatable bonds is 7. The van der Waals surface area contributed by atoms with E-state index in [1.165, 1.54) is 23.1 Å². The van der Waals surface area contributed by atoms with Crippen LogP contribution < -0.4 is 4.90 Å². The van der Waals surface area contributed by atoms with Crippen molar-refractivity contribution in [3.63, 3.8) is 0 Å². The summed E-state index contributed by atoms with van der Waals surface area (Å²) in [6, 6.07) is 10.1. The number of anilines is 1. The van der Waals surface area contributed by atoms with Crippen LogP contribution in [0.15, 0.2) is 34.7 Å². The van der Waals surface area contributed by atoms with E-state index in [0.717, 1.165) is 48.7 Å². The van der Waals surface area contributed by atoms with Crippen molar-refractivity contribution >= 4 is 40.0 Å². The van der Waals surface area contributed by atoms with Gasteiger partial charge in [-0.1, -0.05) is 60.4 Å². The van der Waals surface area contributed by atoms with E-state index in [1.54, 1.807) is 4.90 Å². The number of carbonyl (C=O) groups excluding carboxylic acids is 2. The van der Waals surface area contributed by atoms with Crippen LogP contribution in [-0.4, -0.2) is 46.0 Å².